The molecule has 1 atom stereocenters. The predicted octanol–water partition coefficient (Wildman–Crippen LogP) is 4.50. The van der Waals surface area contributed by atoms with E-state index in [1.54, 1.807) is 11.3 Å². The lowest BCUT2D eigenvalue weighted by Gasteiger charge is -2.11. The van der Waals surface area contributed by atoms with Gasteiger partial charge in [-0.1, -0.05) is 12.1 Å². The second-order valence-electron chi connectivity index (χ2n) is 3.74. The first kappa shape index (κ1) is 12.2. The van der Waals surface area contributed by atoms with E-state index in [9.17, 15) is 5.26 Å². The van der Waals surface area contributed by atoms with Gasteiger partial charge in [0, 0.05) is 20.4 Å². The summed E-state index contributed by atoms with van der Waals surface area (Å²) in [6.45, 7) is 2.04. The van der Waals surface area contributed by atoms with Gasteiger partial charge in [0.05, 0.1) is 6.07 Å². The van der Waals surface area contributed by atoms with Crippen LogP contribution in [0.4, 0.5) is 5.69 Å². The van der Waals surface area contributed by atoms with E-state index in [0.29, 0.717) is 0 Å². The Morgan fingerprint density at radius 1 is 1.41 bits per heavy atom. The van der Waals surface area contributed by atoms with Gasteiger partial charge in [-0.25, -0.2) is 0 Å². The molecule has 0 saturated carbocycles. The van der Waals surface area contributed by atoms with E-state index in [-0.39, 0.29) is 6.04 Å². The summed E-state index contributed by atoms with van der Waals surface area (Å²) in [5, 5.41) is 14.4. The molecular formula is C13H11BrN2S. The lowest BCUT2D eigenvalue weighted by atomic mass is 10.2. The zero-order valence-corrected chi connectivity index (χ0v) is 11.7. The fourth-order valence-electron chi connectivity index (χ4n) is 1.55. The van der Waals surface area contributed by atoms with Gasteiger partial charge in [0.15, 0.2) is 0 Å². The van der Waals surface area contributed by atoms with Crippen LogP contribution in [-0.4, -0.2) is 0 Å². The summed E-state index contributed by atoms with van der Waals surface area (Å²) in [6, 6.07) is 12.0. The van der Waals surface area contributed by atoms with Gasteiger partial charge in [-0.05, 0) is 46.6 Å². The highest BCUT2D eigenvalue weighted by Crippen LogP contribution is 2.28. The van der Waals surface area contributed by atoms with Gasteiger partial charge in [-0.3, -0.25) is 0 Å². The van der Waals surface area contributed by atoms with E-state index >= 15 is 0 Å². The molecule has 0 aliphatic carbocycles. The standard InChI is InChI=1S/C13H11BrN2S/c1-9-3-2-4-11(5-9)16-12(7-15)13-6-10(14)8-17-13/h2-6,8,12,16H,1H3. The number of rotatable bonds is 3. The fourth-order valence-corrected chi connectivity index (χ4v) is 2.99. The number of nitrogens with zero attached hydrogens (tertiary/aromatic N) is 1. The average Bonchev–Trinajstić information content (AvgIpc) is 2.73. The van der Waals surface area contributed by atoms with E-state index in [1.165, 1.54) is 5.56 Å². The summed E-state index contributed by atoms with van der Waals surface area (Å²) >= 11 is 4.97. The first-order valence-electron chi connectivity index (χ1n) is 5.16. The molecule has 0 saturated heterocycles. The molecule has 86 valence electrons. The Morgan fingerprint density at radius 2 is 2.24 bits per heavy atom. The highest BCUT2D eigenvalue weighted by atomic mass is 79.9. The summed E-state index contributed by atoms with van der Waals surface area (Å²) in [6.07, 6.45) is 0. The molecule has 2 nitrogen and oxygen atoms in total. The van der Waals surface area contributed by atoms with Crippen LogP contribution in [0.1, 0.15) is 16.5 Å². The van der Waals surface area contributed by atoms with Crippen LogP contribution in [0.5, 0.6) is 0 Å². The maximum atomic E-state index is 9.20. The summed E-state index contributed by atoms with van der Waals surface area (Å²) in [5.41, 5.74) is 2.15. The van der Waals surface area contributed by atoms with E-state index < -0.39 is 0 Å². The largest absolute Gasteiger partial charge is 0.366 e. The summed E-state index contributed by atoms with van der Waals surface area (Å²) in [5.74, 6) is 0. The van der Waals surface area contributed by atoms with Crippen molar-refractivity contribution >= 4 is 33.0 Å². The van der Waals surface area contributed by atoms with Crippen LogP contribution in [0.3, 0.4) is 0 Å². The average molecular weight is 307 g/mol. The molecule has 0 bridgehead atoms. The fraction of sp³-hybridized carbons (Fsp3) is 0.154. The van der Waals surface area contributed by atoms with Crippen molar-refractivity contribution in [2.24, 2.45) is 0 Å². The Labute approximate surface area is 113 Å². The zero-order valence-electron chi connectivity index (χ0n) is 9.27. The van der Waals surface area contributed by atoms with Crippen molar-refractivity contribution in [2.45, 2.75) is 13.0 Å². The summed E-state index contributed by atoms with van der Waals surface area (Å²) in [7, 11) is 0. The summed E-state index contributed by atoms with van der Waals surface area (Å²) < 4.78 is 1.02. The lowest BCUT2D eigenvalue weighted by molar-refractivity contribution is 1.03. The molecule has 0 aliphatic rings. The minimum Gasteiger partial charge on any atom is -0.366 e. The molecule has 2 rings (SSSR count). The first-order chi connectivity index (χ1) is 8.19. The molecule has 2 aromatic rings. The molecule has 17 heavy (non-hydrogen) atoms. The van der Waals surface area contributed by atoms with Crippen molar-refractivity contribution < 1.29 is 0 Å². The topological polar surface area (TPSA) is 35.8 Å². The predicted molar refractivity (Wildman–Crippen MR) is 75.2 cm³/mol. The van der Waals surface area contributed by atoms with Gasteiger partial charge in [0.25, 0.3) is 0 Å². The number of thiophene rings is 1. The molecule has 1 heterocycles. The second-order valence-corrected chi connectivity index (χ2v) is 5.60. The van der Waals surface area contributed by atoms with Gasteiger partial charge in [-0.2, -0.15) is 5.26 Å². The molecule has 1 unspecified atom stereocenters. The van der Waals surface area contributed by atoms with E-state index in [1.807, 2.05) is 42.6 Å². The van der Waals surface area contributed by atoms with Gasteiger partial charge < -0.3 is 5.32 Å². The van der Waals surface area contributed by atoms with E-state index in [2.05, 4.69) is 27.3 Å². The second kappa shape index (κ2) is 5.35. The SMILES string of the molecule is Cc1cccc(NC(C#N)c2cc(Br)cs2)c1. The van der Waals surface area contributed by atoms with Gasteiger partial charge >= 0.3 is 0 Å². The number of halogens is 1. The van der Waals surface area contributed by atoms with Crippen molar-refractivity contribution in [1.29, 1.82) is 5.26 Å². The van der Waals surface area contributed by atoms with Gasteiger partial charge in [-0.15, -0.1) is 11.3 Å². The van der Waals surface area contributed by atoms with Crippen LogP contribution in [-0.2, 0) is 0 Å². The van der Waals surface area contributed by atoms with Crippen LogP contribution in [0, 0.1) is 18.3 Å². The highest BCUT2D eigenvalue weighted by molar-refractivity contribution is 9.10. The van der Waals surface area contributed by atoms with Crippen LogP contribution < -0.4 is 5.32 Å². The third-order valence-electron chi connectivity index (χ3n) is 2.33. The maximum absolute atomic E-state index is 9.20. The Morgan fingerprint density at radius 3 is 2.82 bits per heavy atom. The quantitative estimate of drug-likeness (QED) is 0.906. The molecule has 1 aromatic heterocycles. The Kier molecular flexibility index (Phi) is 3.82. The molecule has 0 radical (unpaired) electrons. The van der Waals surface area contributed by atoms with Gasteiger partial charge in [0.1, 0.15) is 6.04 Å². The normalized spacial score (nSPS) is 11.8. The van der Waals surface area contributed by atoms with Gasteiger partial charge in [0.2, 0.25) is 0 Å². The smallest absolute Gasteiger partial charge is 0.149 e. The summed E-state index contributed by atoms with van der Waals surface area (Å²) in [4.78, 5) is 1.01. The molecule has 4 heteroatoms. The number of anilines is 1. The Balaban J connectivity index is 2.19. The maximum Gasteiger partial charge on any atom is 0.149 e. The van der Waals surface area contributed by atoms with Crippen LogP contribution in [0.25, 0.3) is 0 Å². The first-order valence-corrected chi connectivity index (χ1v) is 6.83. The number of hydrogen-bond donors (Lipinski definition) is 1. The van der Waals surface area contributed by atoms with Crippen molar-refractivity contribution in [3.8, 4) is 6.07 Å². The monoisotopic (exact) mass is 306 g/mol. The highest BCUT2D eigenvalue weighted by Gasteiger charge is 2.12. The molecule has 0 aliphatic heterocycles. The van der Waals surface area contributed by atoms with Crippen LogP contribution in [0.2, 0.25) is 0 Å². The number of nitrogens with one attached hydrogen (secondary N) is 1. The molecule has 1 N–H and O–H groups in total. The molecule has 0 fully saturated rings. The molecule has 1 aromatic carbocycles. The molecule has 0 spiro atoms. The van der Waals surface area contributed by atoms with Crippen LogP contribution in [0.15, 0.2) is 40.2 Å². The van der Waals surface area contributed by atoms with Crippen molar-refractivity contribution in [2.75, 3.05) is 5.32 Å². The number of benzene rings is 1. The molecule has 0 amide bonds. The van der Waals surface area contributed by atoms with Crippen molar-refractivity contribution in [3.05, 3.63) is 50.6 Å². The van der Waals surface area contributed by atoms with Crippen molar-refractivity contribution in [1.82, 2.24) is 0 Å². The minimum atomic E-state index is -0.298. The number of nitriles is 1. The van der Waals surface area contributed by atoms with Crippen molar-refractivity contribution in [3.63, 3.8) is 0 Å². The molecular weight excluding hydrogens is 296 g/mol. The number of hydrogen-bond acceptors (Lipinski definition) is 3. The Hall–Kier alpha value is -1.31. The minimum absolute atomic E-state index is 0.298. The van der Waals surface area contributed by atoms with E-state index in [4.69, 9.17) is 0 Å². The number of aryl methyl sites for hydroxylation is 1. The third-order valence-corrected chi connectivity index (χ3v) is 4.09. The van der Waals surface area contributed by atoms with E-state index in [0.717, 1.165) is 15.0 Å². The lowest BCUT2D eigenvalue weighted by Crippen LogP contribution is -2.06. The third kappa shape index (κ3) is 3.09. The Bertz CT molecular complexity index is 557. The zero-order chi connectivity index (χ0) is 12.3. The van der Waals surface area contributed by atoms with Crippen LogP contribution >= 0.6 is 27.3 Å².